The van der Waals surface area contributed by atoms with Gasteiger partial charge in [-0.25, -0.2) is 8.42 Å². The number of aryl methyl sites for hydroxylation is 1. The molecule has 2 N–H and O–H groups in total. The maximum atomic E-state index is 12.4. The van der Waals surface area contributed by atoms with Gasteiger partial charge in [0.1, 0.15) is 11.3 Å². The van der Waals surface area contributed by atoms with Crippen molar-refractivity contribution in [1.29, 1.82) is 0 Å². The lowest BCUT2D eigenvalue weighted by Gasteiger charge is -2.13. The van der Waals surface area contributed by atoms with Crippen molar-refractivity contribution in [3.63, 3.8) is 0 Å². The van der Waals surface area contributed by atoms with Crippen LogP contribution in [0.4, 0.5) is 11.4 Å². The average Bonchev–Trinajstić information content (AvgIpc) is 3.04. The van der Waals surface area contributed by atoms with E-state index in [1.54, 1.807) is 31.4 Å². The van der Waals surface area contributed by atoms with Crippen molar-refractivity contribution in [3.05, 3.63) is 53.8 Å². The molecule has 28 heavy (non-hydrogen) atoms. The van der Waals surface area contributed by atoms with E-state index < -0.39 is 10.0 Å². The highest BCUT2D eigenvalue weighted by molar-refractivity contribution is 7.92. The Morgan fingerprint density at radius 1 is 1.18 bits per heavy atom. The van der Waals surface area contributed by atoms with Crippen LogP contribution in [0.5, 0.6) is 5.75 Å². The van der Waals surface area contributed by atoms with Crippen LogP contribution in [0.1, 0.15) is 18.1 Å². The van der Waals surface area contributed by atoms with E-state index in [1.165, 1.54) is 7.11 Å². The van der Waals surface area contributed by atoms with Gasteiger partial charge in [0.25, 0.3) is 0 Å². The lowest BCUT2D eigenvalue weighted by atomic mass is 10.1. The van der Waals surface area contributed by atoms with E-state index in [1.807, 2.05) is 25.1 Å². The maximum absolute atomic E-state index is 12.4. The van der Waals surface area contributed by atoms with Crippen LogP contribution in [0.2, 0.25) is 0 Å². The number of amides is 1. The van der Waals surface area contributed by atoms with Gasteiger partial charge in [0.15, 0.2) is 0 Å². The Hall–Kier alpha value is -3.00. The second-order valence-corrected chi connectivity index (χ2v) is 8.42. The van der Waals surface area contributed by atoms with Gasteiger partial charge in [0.05, 0.1) is 31.2 Å². The largest absolute Gasteiger partial charge is 0.494 e. The summed E-state index contributed by atoms with van der Waals surface area (Å²) in [6.45, 7) is 3.52. The van der Waals surface area contributed by atoms with Gasteiger partial charge >= 0.3 is 0 Å². The molecule has 0 aliphatic heterocycles. The van der Waals surface area contributed by atoms with Gasteiger partial charge in [-0.05, 0) is 37.6 Å². The number of sulfonamides is 1. The molecule has 0 unspecified atom stereocenters. The first kappa shape index (κ1) is 19.8. The first-order valence-corrected chi connectivity index (χ1v) is 10.4. The summed E-state index contributed by atoms with van der Waals surface area (Å²) in [4.78, 5) is 12.4. The van der Waals surface area contributed by atoms with E-state index in [4.69, 9.17) is 9.15 Å². The molecule has 1 heterocycles. The van der Waals surface area contributed by atoms with E-state index in [2.05, 4.69) is 10.0 Å². The minimum Gasteiger partial charge on any atom is -0.494 e. The molecular weight excluding hydrogens is 380 g/mol. The lowest BCUT2D eigenvalue weighted by Crippen LogP contribution is -2.16. The topological polar surface area (TPSA) is 97.6 Å². The molecule has 0 saturated carbocycles. The molecule has 0 fully saturated rings. The van der Waals surface area contributed by atoms with Crippen LogP contribution in [-0.2, 0) is 21.2 Å². The number of benzene rings is 2. The minimum absolute atomic E-state index is 0.0488. The molecule has 0 spiro atoms. The second-order valence-electron chi connectivity index (χ2n) is 6.41. The first-order valence-electron chi connectivity index (χ1n) is 8.76. The summed E-state index contributed by atoms with van der Waals surface area (Å²) >= 11 is 0. The summed E-state index contributed by atoms with van der Waals surface area (Å²) in [5.41, 5.74) is 3.45. The van der Waals surface area contributed by atoms with Gasteiger partial charge in [-0.2, -0.15) is 0 Å². The molecule has 0 bridgehead atoms. The number of carbonyl (C=O) groups is 1. The molecule has 1 amide bonds. The highest BCUT2D eigenvalue weighted by Crippen LogP contribution is 2.29. The number of rotatable bonds is 7. The van der Waals surface area contributed by atoms with E-state index in [9.17, 15) is 13.2 Å². The lowest BCUT2D eigenvalue weighted by molar-refractivity contribution is -0.115. The van der Waals surface area contributed by atoms with Crippen molar-refractivity contribution in [2.75, 3.05) is 22.9 Å². The molecule has 3 aromatic rings. The number of furan rings is 1. The molecule has 8 heteroatoms. The number of carbonyl (C=O) groups excluding carboxylic acids is 1. The number of anilines is 2. The van der Waals surface area contributed by atoms with E-state index in [-0.39, 0.29) is 18.1 Å². The molecule has 0 aliphatic rings. The predicted octanol–water partition coefficient (Wildman–Crippen LogP) is 3.69. The molecule has 0 atom stereocenters. The van der Waals surface area contributed by atoms with Crippen molar-refractivity contribution in [2.45, 2.75) is 20.3 Å². The number of methoxy groups -OCH3 is 1. The fraction of sp³-hybridized carbons (Fsp3) is 0.250. The third-order valence-electron chi connectivity index (χ3n) is 4.29. The molecule has 148 valence electrons. The standard InChI is InChI=1S/C20H22N2O5S/c1-4-28(24,25)22-17-8-6-15(11-19(17)26-3)21-20(23)10-14-12-27-18-9-13(2)5-7-16(14)18/h5-9,11-12,22H,4,10H2,1-3H3,(H,21,23). The molecule has 7 nitrogen and oxygen atoms in total. The van der Waals surface area contributed by atoms with Gasteiger partial charge in [0.2, 0.25) is 15.9 Å². The zero-order valence-electron chi connectivity index (χ0n) is 15.9. The van der Waals surface area contributed by atoms with Crippen LogP contribution >= 0.6 is 0 Å². The number of nitrogens with one attached hydrogen (secondary N) is 2. The van der Waals surface area contributed by atoms with Gasteiger partial charge in [0, 0.05) is 22.7 Å². The summed E-state index contributed by atoms with van der Waals surface area (Å²) in [6.07, 6.45) is 1.75. The van der Waals surface area contributed by atoms with E-state index in [0.29, 0.717) is 17.1 Å². The Morgan fingerprint density at radius 2 is 1.96 bits per heavy atom. The van der Waals surface area contributed by atoms with E-state index >= 15 is 0 Å². The normalized spacial score (nSPS) is 11.4. The Morgan fingerprint density at radius 3 is 2.68 bits per heavy atom. The quantitative estimate of drug-likeness (QED) is 0.628. The third kappa shape index (κ3) is 4.45. The fourth-order valence-corrected chi connectivity index (χ4v) is 3.45. The van der Waals surface area contributed by atoms with E-state index in [0.717, 1.165) is 22.1 Å². The molecule has 0 aliphatic carbocycles. The SMILES string of the molecule is CCS(=O)(=O)Nc1ccc(NC(=O)Cc2coc3cc(C)ccc23)cc1OC. The molecule has 2 aromatic carbocycles. The van der Waals surface area contributed by atoms with Crippen molar-refractivity contribution in [2.24, 2.45) is 0 Å². The Balaban J connectivity index is 1.74. The summed E-state index contributed by atoms with van der Waals surface area (Å²) in [5, 5.41) is 3.70. The summed E-state index contributed by atoms with van der Waals surface area (Å²) in [5.74, 6) is 0.0542. The van der Waals surface area contributed by atoms with Crippen molar-refractivity contribution < 1.29 is 22.4 Å². The van der Waals surface area contributed by atoms with Gasteiger partial charge in [-0.15, -0.1) is 0 Å². The Bertz CT molecular complexity index is 1120. The molecule has 0 radical (unpaired) electrons. The van der Waals surface area contributed by atoms with Crippen molar-refractivity contribution in [3.8, 4) is 5.75 Å². The second kappa shape index (κ2) is 7.93. The number of ether oxygens (including phenoxy) is 1. The summed E-state index contributed by atoms with van der Waals surface area (Å²) in [7, 11) is -1.99. The number of hydrogen-bond acceptors (Lipinski definition) is 5. The van der Waals surface area contributed by atoms with Crippen molar-refractivity contribution >= 4 is 38.3 Å². The zero-order valence-corrected chi connectivity index (χ0v) is 16.7. The van der Waals surface area contributed by atoms with Crippen molar-refractivity contribution in [1.82, 2.24) is 0 Å². The Kier molecular flexibility index (Phi) is 5.60. The maximum Gasteiger partial charge on any atom is 0.232 e. The monoisotopic (exact) mass is 402 g/mol. The van der Waals surface area contributed by atoms with Crippen LogP contribution < -0.4 is 14.8 Å². The summed E-state index contributed by atoms with van der Waals surface area (Å²) < 4.78 is 36.7. The number of fused-ring (bicyclic) bond motifs is 1. The average molecular weight is 402 g/mol. The molecule has 0 saturated heterocycles. The highest BCUT2D eigenvalue weighted by atomic mass is 32.2. The fourth-order valence-electron chi connectivity index (χ4n) is 2.80. The van der Waals surface area contributed by atoms with Crippen LogP contribution in [-0.4, -0.2) is 27.2 Å². The Labute approximate surface area is 163 Å². The highest BCUT2D eigenvalue weighted by Gasteiger charge is 2.14. The van der Waals surface area contributed by atoms with Crippen LogP contribution in [0.25, 0.3) is 11.0 Å². The van der Waals surface area contributed by atoms with Gasteiger partial charge in [-0.3, -0.25) is 9.52 Å². The smallest absolute Gasteiger partial charge is 0.232 e. The van der Waals surface area contributed by atoms with Crippen LogP contribution in [0.3, 0.4) is 0 Å². The predicted molar refractivity (Wildman–Crippen MR) is 109 cm³/mol. The molecular formula is C20H22N2O5S. The molecule has 1 aromatic heterocycles. The molecule has 3 rings (SSSR count). The van der Waals surface area contributed by atoms with Gasteiger partial charge < -0.3 is 14.5 Å². The van der Waals surface area contributed by atoms with Gasteiger partial charge in [-0.1, -0.05) is 12.1 Å². The first-order chi connectivity index (χ1) is 13.3. The summed E-state index contributed by atoms with van der Waals surface area (Å²) in [6, 6.07) is 10.6. The minimum atomic E-state index is -3.43. The van der Waals surface area contributed by atoms with Crippen LogP contribution in [0, 0.1) is 6.92 Å². The van der Waals surface area contributed by atoms with Crippen LogP contribution in [0.15, 0.2) is 47.1 Å². The third-order valence-corrected chi connectivity index (χ3v) is 5.58. The number of hydrogen-bond donors (Lipinski definition) is 2. The zero-order chi connectivity index (χ0) is 20.3.